The molecule has 0 spiro atoms. The number of nitrogens with one attached hydrogen (secondary N) is 1. The van der Waals surface area contributed by atoms with E-state index < -0.39 is 46.2 Å². The van der Waals surface area contributed by atoms with Gasteiger partial charge < -0.3 is 15.3 Å². The summed E-state index contributed by atoms with van der Waals surface area (Å²) in [6, 6.07) is 12.6. The van der Waals surface area contributed by atoms with Gasteiger partial charge in [0.2, 0.25) is 0 Å². The molecule has 2 amide bonds. The second kappa shape index (κ2) is 10.9. The zero-order chi connectivity index (χ0) is 31.9. The van der Waals surface area contributed by atoms with E-state index in [9.17, 15) is 41.5 Å². The van der Waals surface area contributed by atoms with Crippen molar-refractivity contribution in [3.8, 4) is 17.9 Å². The number of hydrogen-bond donors (Lipinski definition) is 2. The van der Waals surface area contributed by atoms with E-state index in [0.29, 0.717) is 17.8 Å². The van der Waals surface area contributed by atoms with Crippen molar-refractivity contribution in [2.75, 3.05) is 15.1 Å². The van der Waals surface area contributed by atoms with E-state index >= 15 is 0 Å². The maximum absolute atomic E-state index is 13.8. The van der Waals surface area contributed by atoms with Crippen LogP contribution in [-0.2, 0) is 12.4 Å². The first-order chi connectivity index (χ1) is 20.0. The summed E-state index contributed by atoms with van der Waals surface area (Å²) in [6.07, 6.45) is -9.82. The molecule has 1 fully saturated rings. The number of carbonyl (C=O) groups is 1. The van der Waals surface area contributed by atoms with E-state index in [1.54, 1.807) is 13.8 Å². The Kier molecular flexibility index (Phi) is 7.82. The number of amidine groups is 1. The van der Waals surface area contributed by atoms with E-state index in [2.05, 4.69) is 10.3 Å². The molecule has 43 heavy (non-hydrogen) atoms. The first-order valence-corrected chi connectivity index (χ1v) is 12.5. The third-order valence-electron chi connectivity index (χ3n) is 6.40. The number of benzene rings is 3. The van der Waals surface area contributed by atoms with E-state index in [1.807, 2.05) is 0 Å². The molecule has 0 aliphatic carbocycles. The average Bonchev–Trinajstić information content (AvgIpc) is 3.11. The molecule has 0 atom stereocenters. The molecule has 0 bridgehead atoms. The van der Waals surface area contributed by atoms with Gasteiger partial charge in [0.05, 0.1) is 40.1 Å². The number of halogens is 6. The Bertz CT molecular complexity index is 1740. The Morgan fingerprint density at radius 2 is 1.40 bits per heavy atom. The second-order valence-corrected chi connectivity index (χ2v) is 9.97. The van der Waals surface area contributed by atoms with Crippen LogP contribution in [0.15, 0.2) is 65.7 Å². The molecule has 0 radical (unpaired) electrons. The van der Waals surface area contributed by atoms with E-state index in [-0.39, 0.29) is 28.1 Å². The molecule has 0 unspecified atom stereocenters. The summed E-state index contributed by atoms with van der Waals surface area (Å²) in [5.74, 6) is -0.287. The second-order valence-electron chi connectivity index (χ2n) is 9.60. The first kappa shape index (κ1) is 30.8. The number of thiocarbonyl (C=S) groups is 1. The van der Waals surface area contributed by atoms with E-state index in [0.717, 1.165) is 23.1 Å². The number of rotatable bonds is 3. The number of carbonyl (C=O) groups excluding carboxylic acids is 1. The molecule has 0 aromatic heterocycles. The van der Waals surface area contributed by atoms with Crippen LogP contribution < -0.4 is 15.1 Å². The number of anilines is 3. The standard InChI is InChI=1S/C28H18F6N6O2S/c1-26(2)23(38-24(42)37-17-5-3-15(13-35)21(11-17)27(29,30)31)39(25(43)40(26)18-7-9-20(41)10-8-18)19-6-4-16(14-36)22(12-19)28(32,33)34/h3-12,41H,1-2H3,(H,37,42). The molecule has 0 saturated carbocycles. The summed E-state index contributed by atoms with van der Waals surface area (Å²) in [6.45, 7) is 3.10. The van der Waals surface area contributed by atoms with Gasteiger partial charge >= 0.3 is 18.4 Å². The normalized spacial score (nSPS) is 15.8. The summed E-state index contributed by atoms with van der Waals surface area (Å²) in [4.78, 5) is 19.6. The Balaban J connectivity index is 1.85. The van der Waals surface area contributed by atoms with Crippen LogP contribution in [0.25, 0.3) is 0 Å². The summed E-state index contributed by atoms with van der Waals surface area (Å²) >= 11 is 5.63. The summed E-state index contributed by atoms with van der Waals surface area (Å²) in [7, 11) is 0. The van der Waals surface area contributed by atoms with Gasteiger partial charge in [0.1, 0.15) is 17.1 Å². The van der Waals surface area contributed by atoms with Gasteiger partial charge in [0.15, 0.2) is 5.11 Å². The highest BCUT2D eigenvalue weighted by Gasteiger charge is 2.49. The van der Waals surface area contributed by atoms with Crippen LogP contribution >= 0.6 is 12.2 Å². The highest BCUT2D eigenvalue weighted by atomic mass is 32.1. The van der Waals surface area contributed by atoms with Crippen LogP contribution in [0, 0.1) is 22.7 Å². The van der Waals surface area contributed by atoms with Crippen LogP contribution in [0.2, 0.25) is 0 Å². The van der Waals surface area contributed by atoms with Crippen molar-refractivity contribution in [1.29, 1.82) is 10.5 Å². The molecular weight excluding hydrogens is 598 g/mol. The van der Waals surface area contributed by atoms with Gasteiger partial charge in [-0.2, -0.15) is 41.9 Å². The average molecular weight is 617 g/mol. The Morgan fingerprint density at radius 1 is 0.884 bits per heavy atom. The van der Waals surface area contributed by atoms with Gasteiger partial charge in [-0.25, -0.2) is 4.79 Å². The lowest BCUT2D eigenvalue weighted by Crippen LogP contribution is -2.45. The van der Waals surface area contributed by atoms with Crippen LogP contribution in [0.3, 0.4) is 0 Å². The number of urea groups is 1. The Labute approximate surface area is 245 Å². The third-order valence-corrected chi connectivity index (χ3v) is 6.77. The van der Waals surface area contributed by atoms with Crippen LogP contribution in [0.1, 0.15) is 36.1 Å². The molecule has 1 saturated heterocycles. The molecule has 3 aromatic carbocycles. The zero-order valence-corrected chi connectivity index (χ0v) is 22.9. The van der Waals surface area contributed by atoms with Crippen LogP contribution in [0.5, 0.6) is 5.75 Å². The summed E-state index contributed by atoms with van der Waals surface area (Å²) in [5.41, 5.74) is -5.41. The largest absolute Gasteiger partial charge is 0.508 e. The molecule has 1 aliphatic heterocycles. The van der Waals surface area contributed by atoms with Crippen molar-refractivity contribution in [3.05, 3.63) is 82.9 Å². The Morgan fingerprint density at radius 3 is 1.93 bits per heavy atom. The monoisotopic (exact) mass is 616 g/mol. The summed E-state index contributed by atoms with van der Waals surface area (Å²) in [5, 5.41) is 30.0. The maximum Gasteiger partial charge on any atom is 0.417 e. The van der Waals surface area contributed by atoms with Crippen molar-refractivity contribution >= 4 is 46.3 Å². The number of nitrogens with zero attached hydrogens (tertiary/aromatic N) is 5. The number of aromatic hydroxyl groups is 1. The minimum atomic E-state index is -4.92. The van der Waals surface area contributed by atoms with Gasteiger partial charge in [-0.15, -0.1) is 0 Å². The van der Waals surface area contributed by atoms with Gasteiger partial charge in [-0.05, 0) is 86.7 Å². The number of nitriles is 2. The van der Waals surface area contributed by atoms with Crippen LogP contribution in [-0.4, -0.2) is 27.6 Å². The van der Waals surface area contributed by atoms with Crippen molar-refractivity contribution in [2.45, 2.75) is 31.7 Å². The molecule has 220 valence electrons. The molecule has 4 rings (SSSR count). The van der Waals surface area contributed by atoms with Crippen molar-refractivity contribution in [1.82, 2.24) is 0 Å². The van der Waals surface area contributed by atoms with Crippen molar-refractivity contribution < 1.29 is 36.2 Å². The lowest BCUT2D eigenvalue weighted by molar-refractivity contribution is -0.138. The fourth-order valence-electron chi connectivity index (χ4n) is 4.46. The molecule has 15 heteroatoms. The molecule has 1 heterocycles. The predicted molar refractivity (Wildman–Crippen MR) is 149 cm³/mol. The van der Waals surface area contributed by atoms with Crippen LogP contribution in [0.4, 0.5) is 48.2 Å². The molecule has 3 aromatic rings. The molecule has 1 aliphatic rings. The topological polar surface area (TPSA) is 116 Å². The number of amides is 2. The van der Waals surface area contributed by atoms with Gasteiger partial charge in [0, 0.05) is 11.4 Å². The molecule has 8 nitrogen and oxygen atoms in total. The maximum atomic E-state index is 13.8. The van der Waals surface area contributed by atoms with E-state index in [4.69, 9.17) is 17.5 Å². The lowest BCUT2D eigenvalue weighted by Gasteiger charge is -2.30. The number of alkyl halides is 6. The smallest absolute Gasteiger partial charge is 0.417 e. The minimum absolute atomic E-state index is 0.0839. The molecular formula is C28H18F6N6O2S. The first-order valence-electron chi connectivity index (χ1n) is 12.0. The predicted octanol–water partition coefficient (Wildman–Crippen LogP) is 7.19. The fourth-order valence-corrected chi connectivity index (χ4v) is 4.99. The fraction of sp³-hybridized carbons (Fsp3) is 0.179. The number of phenolic OH excluding ortho intramolecular Hbond substituents is 1. The Hall–Kier alpha value is -5.15. The number of phenols is 1. The SMILES string of the molecule is CC1(C)C(=NC(=O)Nc2ccc(C#N)c(C(F)(F)F)c2)N(c2ccc(C#N)c(C(F)(F)F)c2)C(=S)N1c1ccc(O)cc1. The lowest BCUT2D eigenvalue weighted by atomic mass is 10.0. The quantitative estimate of drug-likeness (QED) is 0.236. The van der Waals surface area contributed by atoms with Gasteiger partial charge in [0.25, 0.3) is 0 Å². The summed E-state index contributed by atoms with van der Waals surface area (Å²) < 4.78 is 81.8. The number of aliphatic imine (C=N–C) groups is 1. The highest BCUT2D eigenvalue weighted by Crippen LogP contribution is 2.41. The van der Waals surface area contributed by atoms with Gasteiger partial charge in [-0.1, -0.05) is 0 Å². The van der Waals surface area contributed by atoms with E-state index in [1.165, 1.54) is 47.4 Å². The molecule has 2 N–H and O–H groups in total. The van der Waals surface area contributed by atoms with Crippen molar-refractivity contribution in [3.63, 3.8) is 0 Å². The highest BCUT2D eigenvalue weighted by molar-refractivity contribution is 7.81. The van der Waals surface area contributed by atoms with Gasteiger partial charge in [-0.3, -0.25) is 4.90 Å². The number of hydrogen-bond acceptors (Lipinski definition) is 5. The minimum Gasteiger partial charge on any atom is -0.508 e. The third kappa shape index (κ3) is 5.93. The zero-order valence-electron chi connectivity index (χ0n) is 22.0. The van der Waals surface area contributed by atoms with Crippen molar-refractivity contribution in [2.24, 2.45) is 4.99 Å².